The highest BCUT2D eigenvalue weighted by Crippen LogP contribution is 2.19. The first-order valence-electron chi connectivity index (χ1n) is 7.53. The summed E-state index contributed by atoms with van der Waals surface area (Å²) < 4.78 is 1.68. The summed E-state index contributed by atoms with van der Waals surface area (Å²) in [5, 5.41) is 18.2. The molecule has 0 aromatic carbocycles. The van der Waals surface area contributed by atoms with Crippen LogP contribution in [0.15, 0.2) is 36.8 Å². The molecular formula is C16H17N7O2. The monoisotopic (exact) mass is 339 g/mol. The number of carbonyl (C=O) groups is 1. The van der Waals surface area contributed by atoms with E-state index in [0.717, 1.165) is 16.9 Å². The summed E-state index contributed by atoms with van der Waals surface area (Å²) in [4.78, 5) is 23.8. The van der Waals surface area contributed by atoms with E-state index in [0.29, 0.717) is 17.3 Å². The minimum atomic E-state index is -1.06. The Bertz CT molecular complexity index is 907. The first-order chi connectivity index (χ1) is 12.0. The number of nitrogens with zero attached hydrogens (tertiary/aromatic N) is 5. The Morgan fingerprint density at radius 3 is 2.72 bits per heavy atom. The van der Waals surface area contributed by atoms with Crippen LogP contribution < -0.4 is 10.6 Å². The van der Waals surface area contributed by atoms with Crippen molar-refractivity contribution in [1.29, 1.82) is 0 Å². The molecule has 0 bridgehead atoms. The molecular weight excluding hydrogens is 322 g/mol. The smallest absolute Gasteiger partial charge is 0.404 e. The molecule has 128 valence electrons. The first kappa shape index (κ1) is 16.4. The molecule has 9 heteroatoms. The van der Waals surface area contributed by atoms with Crippen LogP contribution in [0.2, 0.25) is 0 Å². The number of pyridine rings is 1. The summed E-state index contributed by atoms with van der Waals surface area (Å²) in [6.07, 6.45) is 4.09. The third-order valence-electron chi connectivity index (χ3n) is 3.50. The van der Waals surface area contributed by atoms with Crippen LogP contribution in [0.3, 0.4) is 0 Å². The highest BCUT2D eigenvalue weighted by Gasteiger charge is 2.08. The van der Waals surface area contributed by atoms with Gasteiger partial charge in [-0.25, -0.2) is 14.8 Å². The zero-order valence-electron chi connectivity index (χ0n) is 13.8. The van der Waals surface area contributed by atoms with E-state index >= 15 is 0 Å². The van der Waals surface area contributed by atoms with E-state index in [4.69, 9.17) is 5.11 Å². The van der Waals surface area contributed by atoms with Crippen molar-refractivity contribution in [2.75, 3.05) is 5.32 Å². The van der Waals surface area contributed by atoms with Gasteiger partial charge in [0.15, 0.2) is 0 Å². The molecule has 3 N–H and O–H groups in total. The number of hydrogen-bond donors (Lipinski definition) is 3. The molecule has 3 aromatic heterocycles. The number of amides is 1. The molecule has 3 rings (SSSR count). The largest absolute Gasteiger partial charge is 0.465 e. The van der Waals surface area contributed by atoms with Crippen LogP contribution in [-0.2, 0) is 13.6 Å². The van der Waals surface area contributed by atoms with Crippen LogP contribution in [0, 0.1) is 6.92 Å². The fraction of sp³-hybridized carbons (Fsp3) is 0.188. The first-order valence-corrected chi connectivity index (χ1v) is 7.53. The normalized spacial score (nSPS) is 10.5. The van der Waals surface area contributed by atoms with E-state index in [-0.39, 0.29) is 6.54 Å². The lowest BCUT2D eigenvalue weighted by atomic mass is 10.1. The van der Waals surface area contributed by atoms with Gasteiger partial charge in [0.05, 0.1) is 23.3 Å². The van der Waals surface area contributed by atoms with Crippen LogP contribution >= 0.6 is 0 Å². The molecule has 0 spiro atoms. The van der Waals surface area contributed by atoms with Gasteiger partial charge in [0.25, 0.3) is 0 Å². The van der Waals surface area contributed by atoms with Crippen molar-refractivity contribution in [2.24, 2.45) is 7.05 Å². The van der Waals surface area contributed by atoms with E-state index in [1.807, 2.05) is 32.3 Å². The van der Waals surface area contributed by atoms with Gasteiger partial charge in [-0.3, -0.25) is 9.67 Å². The second-order valence-electron chi connectivity index (χ2n) is 5.39. The fourth-order valence-corrected chi connectivity index (χ4v) is 2.27. The van der Waals surface area contributed by atoms with Crippen LogP contribution in [-0.4, -0.2) is 35.9 Å². The Balaban J connectivity index is 1.80. The average molecular weight is 339 g/mol. The summed E-state index contributed by atoms with van der Waals surface area (Å²) in [5.74, 6) is 0.446. The second kappa shape index (κ2) is 6.95. The summed E-state index contributed by atoms with van der Waals surface area (Å²) in [6.45, 7) is 2.05. The number of rotatable bonds is 5. The highest BCUT2D eigenvalue weighted by atomic mass is 16.4. The van der Waals surface area contributed by atoms with Crippen LogP contribution in [0.5, 0.6) is 0 Å². The van der Waals surface area contributed by atoms with Gasteiger partial charge in [0, 0.05) is 31.7 Å². The van der Waals surface area contributed by atoms with Gasteiger partial charge < -0.3 is 15.7 Å². The molecule has 0 atom stereocenters. The highest BCUT2D eigenvalue weighted by molar-refractivity contribution is 5.64. The third-order valence-corrected chi connectivity index (χ3v) is 3.50. The Morgan fingerprint density at radius 2 is 2.04 bits per heavy atom. The van der Waals surface area contributed by atoms with E-state index in [9.17, 15) is 4.79 Å². The molecule has 0 radical (unpaired) electrons. The lowest BCUT2D eigenvalue weighted by molar-refractivity contribution is 0.194. The van der Waals surface area contributed by atoms with E-state index in [2.05, 4.69) is 30.7 Å². The van der Waals surface area contributed by atoms with Gasteiger partial charge >= 0.3 is 6.09 Å². The SMILES string of the molecule is Cc1nc(-c2ccnc(Nc3cnn(C)c3)n2)ccc1CNC(=O)O. The van der Waals surface area contributed by atoms with Gasteiger partial charge in [-0.05, 0) is 24.6 Å². The standard InChI is InChI=1S/C16H17N7O2/c1-10-11(7-18-16(24)25)3-4-13(20-10)14-5-6-17-15(22-14)21-12-8-19-23(2)9-12/h3-6,8-9,18H,7H2,1-2H3,(H,24,25)(H,17,21,22). The van der Waals surface area contributed by atoms with Gasteiger partial charge in [-0.2, -0.15) is 5.10 Å². The van der Waals surface area contributed by atoms with Crippen molar-refractivity contribution in [3.05, 3.63) is 48.0 Å². The van der Waals surface area contributed by atoms with Crippen molar-refractivity contribution in [1.82, 2.24) is 30.0 Å². The summed E-state index contributed by atoms with van der Waals surface area (Å²) in [7, 11) is 1.83. The molecule has 3 heterocycles. The molecule has 9 nitrogen and oxygen atoms in total. The lowest BCUT2D eigenvalue weighted by Crippen LogP contribution is -2.20. The maximum atomic E-state index is 10.6. The van der Waals surface area contributed by atoms with Crippen molar-refractivity contribution in [3.8, 4) is 11.4 Å². The summed E-state index contributed by atoms with van der Waals surface area (Å²) >= 11 is 0. The zero-order chi connectivity index (χ0) is 17.8. The number of aromatic nitrogens is 5. The van der Waals surface area contributed by atoms with E-state index in [1.54, 1.807) is 23.1 Å². The van der Waals surface area contributed by atoms with Crippen molar-refractivity contribution < 1.29 is 9.90 Å². The molecule has 1 amide bonds. The van der Waals surface area contributed by atoms with Crippen molar-refractivity contribution in [2.45, 2.75) is 13.5 Å². The van der Waals surface area contributed by atoms with Crippen LogP contribution in [0.1, 0.15) is 11.3 Å². The molecule has 0 aliphatic rings. The van der Waals surface area contributed by atoms with E-state index in [1.165, 1.54) is 0 Å². The number of carboxylic acid groups (broad SMARTS) is 1. The summed E-state index contributed by atoms with van der Waals surface area (Å²) in [5.41, 5.74) is 3.70. The number of anilines is 2. The van der Waals surface area contributed by atoms with E-state index < -0.39 is 6.09 Å². The molecule has 0 fully saturated rings. The minimum Gasteiger partial charge on any atom is -0.465 e. The Labute approximate surface area is 143 Å². The van der Waals surface area contributed by atoms with Crippen LogP contribution in [0.25, 0.3) is 11.4 Å². The van der Waals surface area contributed by atoms with Gasteiger partial charge in [-0.1, -0.05) is 6.07 Å². The third kappa shape index (κ3) is 4.08. The Hall–Kier alpha value is -3.49. The molecule has 0 aliphatic heterocycles. The summed E-state index contributed by atoms with van der Waals surface area (Å²) in [6, 6.07) is 5.41. The predicted octanol–water partition coefficient (Wildman–Crippen LogP) is 2.09. The number of hydrogen-bond acceptors (Lipinski definition) is 6. The lowest BCUT2D eigenvalue weighted by Gasteiger charge is -2.08. The quantitative estimate of drug-likeness (QED) is 0.651. The Kier molecular flexibility index (Phi) is 4.55. The molecule has 0 saturated carbocycles. The van der Waals surface area contributed by atoms with Crippen LogP contribution in [0.4, 0.5) is 16.4 Å². The minimum absolute atomic E-state index is 0.214. The number of nitrogens with one attached hydrogen (secondary N) is 2. The van der Waals surface area contributed by atoms with Crippen molar-refractivity contribution >= 4 is 17.7 Å². The van der Waals surface area contributed by atoms with Gasteiger partial charge in [0.2, 0.25) is 5.95 Å². The fourth-order valence-electron chi connectivity index (χ4n) is 2.27. The van der Waals surface area contributed by atoms with Crippen molar-refractivity contribution in [3.63, 3.8) is 0 Å². The topological polar surface area (TPSA) is 118 Å². The number of aryl methyl sites for hydroxylation is 2. The van der Waals surface area contributed by atoms with Gasteiger partial charge in [-0.15, -0.1) is 0 Å². The average Bonchev–Trinajstić information content (AvgIpc) is 2.98. The molecule has 25 heavy (non-hydrogen) atoms. The molecule has 3 aromatic rings. The second-order valence-corrected chi connectivity index (χ2v) is 5.39. The molecule has 0 aliphatic carbocycles. The molecule has 0 saturated heterocycles. The maximum Gasteiger partial charge on any atom is 0.404 e. The maximum absolute atomic E-state index is 10.6. The Morgan fingerprint density at radius 1 is 1.24 bits per heavy atom. The predicted molar refractivity (Wildman–Crippen MR) is 91.4 cm³/mol. The van der Waals surface area contributed by atoms with Gasteiger partial charge in [0.1, 0.15) is 0 Å². The zero-order valence-corrected chi connectivity index (χ0v) is 13.8. The molecule has 0 unspecified atom stereocenters.